The summed E-state index contributed by atoms with van der Waals surface area (Å²) < 4.78 is 11.5. The van der Waals surface area contributed by atoms with Gasteiger partial charge in [-0.15, -0.1) is 0 Å². The van der Waals surface area contributed by atoms with E-state index in [1.54, 1.807) is 13.3 Å². The average molecular weight is 337 g/mol. The third kappa shape index (κ3) is 3.48. The monoisotopic (exact) mass is 336 g/mol. The van der Waals surface area contributed by atoms with Gasteiger partial charge in [-0.25, -0.2) is 4.98 Å². The summed E-state index contributed by atoms with van der Waals surface area (Å²) in [5.41, 5.74) is 1.26. The van der Waals surface area contributed by atoms with Crippen LogP contribution in [-0.2, 0) is 5.41 Å². The summed E-state index contributed by atoms with van der Waals surface area (Å²) in [6.07, 6.45) is 1.61. The van der Waals surface area contributed by atoms with E-state index in [-0.39, 0.29) is 11.4 Å². The highest BCUT2D eigenvalue weighted by atomic mass is 79.9. The first-order chi connectivity index (χ1) is 9.40. The lowest BCUT2D eigenvalue weighted by atomic mass is 9.87. The second-order valence-corrected chi connectivity index (χ2v) is 6.24. The van der Waals surface area contributed by atoms with Crippen molar-refractivity contribution in [3.05, 3.63) is 40.5 Å². The number of nitrogens with zero attached hydrogens (tertiary/aromatic N) is 2. The smallest absolute Gasteiger partial charge is 0.325 e. The molecular formula is C15H17BrN2O2. The van der Waals surface area contributed by atoms with Gasteiger partial charge in [-0.05, 0) is 39.0 Å². The normalized spacial score (nSPS) is 11.2. The summed E-state index contributed by atoms with van der Waals surface area (Å²) in [5, 5.41) is 0. The van der Waals surface area contributed by atoms with E-state index < -0.39 is 0 Å². The first-order valence-corrected chi connectivity index (χ1v) is 7.04. The maximum absolute atomic E-state index is 5.69. The van der Waals surface area contributed by atoms with Gasteiger partial charge in [-0.2, -0.15) is 4.98 Å². The van der Waals surface area contributed by atoms with E-state index in [1.165, 1.54) is 5.56 Å². The molecule has 0 aliphatic heterocycles. The van der Waals surface area contributed by atoms with Crippen molar-refractivity contribution in [1.82, 2.24) is 9.97 Å². The Morgan fingerprint density at radius 3 is 2.60 bits per heavy atom. The van der Waals surface area contributed by atoms with Crippen LogP contribution in [0.3, 0.4) is 0 Å². The van der Waals surface area contributed by atoms with Crippen molar-refractivity contribution in [3.8, 4) is 17.6 Å². The quantitative estimate of drug-likeness (QED) is 0.836. The van der Waals surface area contributed by atoms with Crippen molar-refractivity contribution in [1.29, 1.82) is 0 Å². The zero-order valence-corrected chi connectivity index (χ0v) is 13.6. The Bertz CT molecular complexity index is 609. The molecule has 0 atom stereocenters. The summed E-state index contributed by atoms with van der Waals surface area (Å²) in [6, 6.07) is 8.18. The fourth-order valence-corrected chi connectivity index (χ4v) is 2.01. The number of hydrogen-bond acceptors (Lipinski definition) is 4. The minimum atomic E-state index is 0.0671. The van der Waals surface area contributed by atoms with Crippen LogP contribution in [0.2, 0.25) is 0 Å². The third-order valence-electron chi connectivity index (χ3n) is 2.79. The van der Waals surface area contributed by atoms with Gasteiger partial charge in [-0.1, -0.05) is 32.9 Å². The summed E-state index contributed by atoms with van der Waals surface area (Å²) in [5.74, 6) is 1.16. The highest BCUT2D eigenvalue weighted by molar-refractivity contribution is 9.10. The van der Waals surface area contributed by atoms with Crippen LogP contribution in [0.4, 0.5) is 0 Å². The van der Waals surface area contributed by atoms with Gasteiger partial charge in [0.05, 0.1) is 17.8 Å². The van der Waals surface area contributed by atoms with Gasteiger partial charge in [0.15, 0.2) is 0 Å². The SMILES string of the molecule is COc1nc(Oc2cccc(C(C)(C)C)c2)ncc1Br. The van der Waals surface area contributed by atoms with E-state index in [0.29, 0.717) is 16.1 Å². The predicted octanol–water partition coefficient (Wildman–Crippen LogP) is 4.34. The van der Waals surface area contributed by atoms with E-state index in [0.717, 1.165) is 0 Å². The van der Waals surface area contributed by atoms with Gasteiger partial charge in [0.2, 0.25) is 5.88 Å². The molecule has 0 saturated carbocycles. The Morgan fingerprint density at radius 2 is 1.95 bits per heavy atom. The topological polar surface area (TPSA) is 44.2 Å². The van der Waals surface area contributed by atoms with E-state index >= 15 is 0 Å². The Labute approximate surface area is 127 Å². The molecule has 20 heavy (non-hydrogen) atoms. The Morgan fingerprint density at radius 1 is 1.20 bits per heavy atom. The highest BCUT2D eigenvalue weighted by Crippen LogP contribution is 2.29. The lowest BCUT2D eigenvalue weighted by Crippen LogP contribution is -2.10. The van der Waals surface area contributed by atoms with Gasteiger partial charge < -0.3 is 9.47 Å². The molecule has 5 heteroatoms. The fraction of sp³-hybridized carbons (Fsp3) is 0.333. The van der Waals surface area contributed by atoms with Crippen molar-refractivity contribution < 1.29 is 9.47 Å². The van der Waals surface area contributed by atoms with Crippen LogP contribution in [0.15, 0.2) is 34.9 Å². The molecule has 0 aliphatic carbocycles. The summed E-state index contributed by atoms with van der Waals surface area (Å²) in [7, 11) is 1.55. The van der Waals surface area contributed by atoms with Crippen LogP contribution in [-0.4, -0.2) is 17.1 Å². The Hall–Kier alpha value is -1.62. The zero-order chi connectivity index (χ0) is 14.8. The van der Waals surface area contributed by atoms with Crippen LogP contribution in [0.5, 0.6) is 17.6 Å². The molecule has 0 fully saturated rings. The molecule has 0 bridgehead atoms. The van der Waals surface area contributed by atoms with Gasteiger partial charge in [0, 0.05) is 0 Å². The van der Waals surface area contributed by atoms with Gasteiger partial charge in [-0.3, -0.25) is 0 Å². The van der Waals surface area contributed by atoms with E-state index in [4.69, 9.17) is 9.47 Å². The molecule has 1 aromatic heterocycles. The van der Waals surface area contributed by atoms with Crippen LogP contribution >= 0.6 is 15.9 Å². The molecule has 0 saturated heterocycles. The number of ether oxygens (including phenoxy) is 2. The number of benzene rings is 1. The molecule has 2 aromatic rings. The Kier molecular flexibility index (Phi) is 4.28. The minimum Gasteiger partial charge on any atom is -0.480 e. The number of aromatic nitrogens is 2. The molecule has 0 unspecified atom stereocenters. The lowest BCUT2D eigenvalue weighted by Gasteiger charge is -2.19. The largest absolute Gasteiger partial charge is 0.480 e. The minimum absolute atomic E-state index is 0.0671. The lowest BCUT2D eigenvalue weighted by molar-refractivity contribution is 0.373. The molecule has 106 valence electrons. The number of methoxy groups -OCH3 is 1. The first kappa shape index (κ1) is 14.8. The van der Waals surface area contributed by atoms with Crippen molar-refractivity contribution in [3.63, 3.8) is 0 Å². The predicted molar refractivity (Wildman–Crippen MR) is 81.5 cm³/mol. The molecule has 4 nitrogen and oxygen atoms in total. The molecular weight excluding hydrogens is 320 g/mol. The van der Waals surface area contributed by atoms with E-state index in [9.17, 15) is 0 Å². The average Bonchev–Trinajstić information content (AvgIpc) is 2.40. The van der Waals surface area contributed by atoms with Crippen molar-refractivity contribution in [2.45, 2.75) is 26.2 Å². The van der Waals surface area contributed by atoms with Gasteiger partial charge in [0.25, 0.3) is 0 Å². The van der Waals surface area contributed by atoms with E-state index in [2.05, 4.69) is 52.7 Å². The van der Waals surface area contributed by atoms with Crippen LogP contribution in [0, 0.1) is 0 Å². The van der Waals surface area contributed by atoms with Crippen molar-refractivity contribution in [2.24, 2.45) is 0 Å². The zero-order valence-electron chi connectivity index (χ0n) is 12.0. The molecule has 0 spiro atoms. The molecule has 0 radical (unpaired) electrons. The fourth-order valence-electron chi connectivity index (χ4n) is 1.66. The second-order valence-electron chi connectivity index (χ2n) is 5.39. The third-order valence-corrected chi connectivity index (χ3v) is 3.34. The van der Waals surface area contributed by atoms with Crippen LogP contribution in [0.1, 0.15) is 26.3 Å². The number of rotatable bonds is 3. The summed E-state index contributed by atoms with van der Waals surface area (Å²) in [4.78, 5) is 8.29. The Balaban J connectivity index is 2.26. The van der Waals surface area contributed by atoms with Gasteiger partial charge >= 0.3 is 6.01 Å². The number of hydrogen-bond donors (Lipinski definition) is 0. The number of halogens is 1. The standard InChI is InChI=1S/C15H17BrN2O2/c1-15(2,3)10-6-5-7-11(8-10)20-14-17-9-12(16)13(18-14)19-4/h5-9H,1-4H3. The molecule has 1 heterocycles. The highest BCUT2D eigenvalue weighted by Gasteiger charge is 2.14. The second kappa shape index (κ2) is 5.79. The van der Waals surface area contributed by atoms with E-state index in [1.807, 2.05) is 18.2 Å². The maximum Gasteiger partial charge on any atom is 0.325 e. The molecule has 2 rings (SSSR count). The molecule has 0 amide bonds. The molecule has 0 N–H and O–H groups in total. The van der Waals surface area contributed by atoms with Crippen molar-refractivity contribution in [2.75, 3.05) is 7.11 Å². The van der Waals surface area contributed by atoms with Gasteiger partial charge in [0.1, 0.15) is 5.75 Å². The van der Waals surface area contributed by atoms with Crippen molar-refractivity contribution >= 4 is 15.9 Å². The van der Waals surface area contributed by atoms with Crippen LogP contribution in [0.25, 0.3) is 0 Å². The summed E-state index contributed by atoms with van der Waals surface area (Å²) >= 11 is 3.31. The maximum atomic E-state index is 5.69. The summed E-state index contributed by atoms with van der Waals surface area (Å²) in [6.45, 7) is 6.47. The first-order valence-electron chi connectivity index (χ1n) is 6.25. The van der Waals surface area contributed by atoms with Crippen LogP contribution < -0.4 is 9.47 Å². The molecule has 1 aromatic carbocycles. The molecule has 0 aliphatic rings.